The minimum Gasteiger partial charge on any atom is -0.482 e. The number of amides is 1. The maximum Gasteiger partial charge on any atom is 0.341 e. The van der Waals surface area contributed by atoms with Gasteiger partial charge in [0.25, 0.3) is 0 Å². The van der Waals surface area contributed by atoms with E-state index in [4.69, 9.17) is 21.4 Å². The molecule has 3 atom stereocenters. The molecule has 0 bridgehead atoms. The summed E-state index contributed by atoms with van der Waals surface area (Å²) in [5, 5.41) is 9.67. The molecule has 1 fully saturated rings. The summed E-state index contributed by atoms with van der Waals surface area (Å²) >= 11 is 6.37. The number of hydrogen-bond acceptors (Lipinski definition) is 3. The van der Waals surface area contributed by atoms with Crippen LogP contribution in [0.5, 0.6) is 5.75 Å². The molecular formula is C28H26ClNO4. The molecule has 1 aliphatic heterocycles. The third kappa shape index (κ3) is 4.28. The molecule has 1 N–H and O–H groups in total. The zero-order chi connectivity index (χ0) is 23.8. The van der Waals surface area contributed by atoms with Gasteiger partial charge in [0.15, 0.2) is 6.61 Å². The molecule has 6 heteroatoms. The van der Waals surface area contributed by atoms with Crippen molar-refractivity contribution in [1.82, 2.24) is 4.90 Å². The van der Waals surface area contributed by atoms with Crippen LogP contribution in [0, 0.1) is 12.8 Å². The number of hydrogen-bond donors (Lipinski definition) is 1. The van der Waals surface area contributed by atoms with Crippen LogP contribution in [0.2, 0.25) is 5.02 Å². The lowest BCUT2D eigenvalue weighted by Gasteiger charge is -2.38. The maximum absolute atomic E-state index is 13.9. The van der Waals surface area contributed by atoms with Gasteiger partial charge in [0.1, 0.15) is 5.75 Å². The van der Waals surface area contributed by atoms with Gasteiger partial charge < -0.3 is 14.7 Å². The highest BCUT2D eigenvalue weighted by Gasteiger charge is 2.48. The third-order valence-electron chi connectivity index (χ3n) is 6.88. The molecule has 34 heavy (non-hydrogen) atoms. The summed E-state index contributed by atoms with van der Waals surface area (Å²) in [7, 11) is 0. The van der Waals surface area contributed by atoms with Gasteiger partial charge >= 0.3 is 5.97 Å². The largest absolute Gasteiger partial charge is 0.482 e. The van der Waals surface area contributed by atoms with Gasteiger partial charge in [-0.3, -0.25) is 4.79 Å². The van der Waals surface area contributed by atoms with E-state index in [9.17, 15) is 9.59 Å². The first kappa shape index (κ1) is 22.5. The number of fused-ring (bicyclic) bond motifs is 1. The number of rotatable bonds is 6. The fraction of sp³-hybridized carbons (Fsp3) is 0.286. The second-order valence-electron chi connectivity index (χ2n) is 9.05. The molecule has 5 rings (SSSR count). The van der Waals surface area contributed by atoms with Gasteiger partial charge in [-0.25, -0.2) is 4.79 Å². The van der Waals surface area contributed by atoms with E-state index in [0.29, 0.717) is 22.9 Å². The number of halogens is 1. The Morgan fingerprint density at radius 1 is 1.03 bits per heavy atom. The van der Waals surface area contributed by atoms with Crippen molar-refractivity contribution < 1.29 is 19.4 Å². The van der Waals surface area contributed by atoms with Crippen LogP contribution in [0.3, 0.4) is 0 Å². The Bertz CT molecular complexity index is 1260. The molecule has 1 saturated carbocycles. The summed E-state index contributed by atoms with van der Waals surface area (Å²) in [6.45, 7) is 2.21. The second-order valence-corrected chi connectivity index (χ2v) is 9.49. The van der Waals surface area contributed by atoms with Crippen LogP contribution in [-0.4, -0.2) is 35.0 Å². The zero-order valence-corrected chi connectivity index (χ0v) is 19.7. The molecule has 5 nitrogen and oxygen atoms in total. The molecule has 1 amide bonds. The average Bonchev–Trinajstić information content (AvgIpc) is 3.63. The number of aryl methyl sites for hydroxylation is 1. The van der Waals surface area contributed by atoms with Crippen LogP contribution in [0.25, 0.3) is 0 Å². The van der Waals surface area contributed by atoms with E-state index >= 15 is 0 Å². The summed E-state index contributed by atoms with van der Waals surface area (Å²) < 4.78 is 5.64. The number of ether oxygens (including phenoxy) is 1. The van der Waals surface area contributed by atoms with Crippen molar-refractivity contribution in [3.63, 3.8) is 0 Å². The SMILES string of the molecule is Cc1ccccc1[C@@H]1C[C@@H]1C(=O)N1CCc2ccccc2[C@@H]1c1cc(Cl)ccc1OCC(=O)O. The topological polar surface area (TPSA) is 66.8 Å². The molecule has 0 saturated heterocycles. The lowest BCUT2D eigenvalue weighted by Crippen LogP contribution is -2.41. The Kier molecular flexibility index (Phi) is 6.05. The third-order valence-corrected chi connectivity index (χ3v) is 7.11. The molecule has 2 aliphatic rings. The molecule has 0 spiro atoms. The lowest BCUT2D eigenvalue weighted by atomic mass is 9.87. The highest BCUT2D eigenvalue weighted by Crippen LogP contribution is 2.51. The Hall–Kier alpha value is -3.31. The fourth-order valence-electron chi connectivity index (χ4n) is 5.17. The van der Waals surface area contributed by atoms with Crippen LogP contribution in [-0.2, 0) is 16.0 Å². The standard InChI is InChI=1S/C28H26ClNO4/c1-17-6-2-4-8-20(17)22-15-23(22)28(33)30-13-12-18-7-3-5-9-21(18)27(30)24-14-19(29)10-11-25(24)34-16-26(31)32/h2-11,14,22-23,27H,12-13,15-16H2,1H3,(H,31,32)/t22-,23-,27+/m0/s1. The first-order valence-electron chi connectivity index (χ1n) is 11.5. The smallest absolute Gasteiger partial charge is 0.341 e. The Balaban J connectivity index is 1.52. The number of carbonyl (C=O) groups is 2. The Labute approximate surface area is 203 Å². The van der Waals surface area contributed by atoms with Crippen LogP contribution in [0.15, 0.2) is 66.7 Å². The normalized spacial score (nSPS) is 21.0. The van der Waals surface area contributed by atoms with E-state index in [1.165, 1.54) is 16.7 Å². The van der Waals surface area contributed by atoms with E-state index in [1.54, 1.807) is 18.2 Å². The summed E-state index contributed by atoms with van der Waals surface area (Å²) in [4.78, 5) is 27.0. The number of aliphatic carboxylic acids is 1. The van der Waals surface area contributed by atoms with Crippen molar-refractivity contribution in [2.45, 2.75) is 31.7 Å². The van der Waals surface area contributed by atoms with Crippen LogP contribution in [0.1, 0.15) is 46.2 Å². The quantitative estimate of drug-likeness (QED) is 0.519. The van der Waals surface area contributed by atoms with Gasteiger partial charge in [-0.1, -0.05) is 60.1 Å². The predicted molar refractivity (Wildman–Crippen MR) is 130 cm³/mol. The zero-order valence-electron chi connectivity index (χ0n) is 18.9. The minimum absolute atomic E-state index is 0.0589. The molecule has 1 aliphatic carbocycles. The number of benzene rings is 3. The molecule has 0 radical (unpaired) electrons. The van der Waals surface area contributed by atoms with E-state index in [0.717, 1.165) is 18.4 Å². The van der Waals surface area contributed by atoms with Crippen molar-refractivity contribution in [1.29, 1.82) is 0 Å². The Morgan fingerprint density at radius 2 is 1.76 bits per heavy atom. The lowest BCUT2D eigenvalue weighted by molar-refractivity contribution is -0.139. The van der Waals surface area contributed by atoms with Crippen molar-refractivity contribution >= 4 is 23.5 Å². The van der Waals surface area contributed by atoms with Crippen molar-refractivity contribution in [2.24, 2.45) is 5.92 Å². The summed E-state index contributed by atoms with van der Waals surface area (Å²) in [5.41, 5.74) is 5.36. The monoisotopic (exact) mass is 475 g/mol. The van der Waals surface area contributed by atoms with E-state index in [1.807, 2.05) is 35.2 Å². The van der Waals surface area contributed by atoms with E-state index in [-0.39, 0.29) is 17.7 Å². The molecule has 3 aromatic carbocycles. The number of carboxylic acids is 1. The molecular weight excluding hydrogens is 450 g/mol. The van der Waals surface area contributed by atoms with E-state index < -0.39 is 18.6 Å². The second kappa shape index (κ2) is 9.15. The summed E-state index contributed by atoms with van der Waals surface area (Å²) in [5.74, 6) is -0.337. The molecule has 3 aromatic rings. The predicted octanol–water partition coefficient (Wildman–Crippen LogP) is 5.39. The highest BCUT2D eigenvalue weighted by atomic mass is 35.5. The molecule has 1 heterocycles. The Morgan fingerprint density at radius 3 is 2.53 bits per heavy atom. The van der Waals surface area contributed by atoms with Crippen molar-refractivity contribution in [3.05, 3.63) is 99.6 Å². The van der Waals surface area contributed by atoms with Crippen LogP contribution >= 0.6 is 11.6 Å². The minimum atomic E-state index is -1.06. The van der Waals surface area contributed by atoms with Gasteiger partial charge in [-0.05, 0) is 66.1 Å². The first-order valence-corrected chi connectivity index (χ1v) is 11.9. The number of nitrogens with zero attached hydrogens (tertiary/aromatic N) is 1. The van der Waals surface area contributed by atoms with Crippen molar-refractivity contribution in [3.8, 4) is 5.75 Å². The molecule has 174 valence electrons. The van der Waals surface area contributed by atoms with Gasteiger partial charge in [0, 0.05) is 23.0 Å². The van der Waals surface area contributed by atoms with E-state index in [2.05, 4.69) is 25.1 Å². The van der Waals surface area contributed by atoms with Gasteiger partial charge in [-0.2, -0.15) is 0 Å². The fourth-order valence-corrected chi connectivity index (χ4v) is 5.35. The first-order chi connectivity index (χ1) is 16.4. The van der Waals surface area contributed by atoms with Crippen LogP contribution in [0.4, 0.5) is 0 Å². The van der Waals surface area contributed by atoms with Crippen molar-refractivity contribution in [2.75, 3.05) is 13.2 Å². The number of carbonyl (C=O) groups excluding carboxylic acids is 1. The van der Waals surface area contributed by atoms with Gasteiger partial charge in [-0.15, -0.1) is 0 Å². The summed E-state index contributed by atoms with van der Waals surface area (Å²) in [6.07, 6.45) is 1.61. The maximum atomic E-state index is 13.9. The van der Waals surface area contributed by atoms with Gasteiger partial charge in [0.2, 0.25) is 5.91 Å². The highest BCUT2D eigenvalue weighted by molar-refractivity contribution is 6.30. The number of carboxylic acid groups (broad SMARTS) is 1. The molecule has 0 aromatic heterocycles. The van der Waals surface area contributed by atoms with Crippen LogP contribution < -0.4 is 4.74 Å². The molecule has 0 unspecified atom stereocenters. The average molecular weight is 476 g/mol. The van der Waals surface area contributed by atoms with Gasteiger partial charge in [0.05, 0.1) is 6.04 Å². The summed E-state index contributed by atoms with van der Waals surface area (Å²) in [6, 6.07) is 21.1.